The zero-order chi connectivity index (χ0) is 32.5. The first kappa shape index (κ1) is 31.7. The Bertz CT molecular complexity index is 1700. The molecule has 0 spiro atoms. The van der Waals surface area contributed by atoms with E-state index in [4.69, 9.17) is 13.9 Å². The van der Waals surface area contributed by atoms with Crippen LogP contribution in [-0.2, 0) is 19.1 Å². The quantitative estimate of drug-likeness (QED) is 0.152. The molecule has 0 fully saturated rings. The van der Waals surface area contributed by atoms with Crippen LogP contribution < -0.4 is 16.2 Å². The Morgan fingerprint density at radius 2 is 1.16 bits per heavy atom. The molecule has 0 aliphatic carbocycles. The molecule has 13 nitrogen and oxygen atoms in total. The lowest BCUT2D eigenvalue weighted by molar-refractivity contribution is -0.159. The molecule has 0 radical (unpaired) electrons. The van der Waals surface area contributed by atoms with Gasteiger partial charge in [-0.1, -0.05) is 35.4 Å². The van der Waals surface area contributed by atoms with Crippen molar-refractivity contribution in [2.24, 2.45) is 0 Å². The van der Waals surface area contributed by atoms with E-state index in [1.54, 1.807) is 44.2 Å². The first-order chi connectivity index (χ1) is 21.5. The van der Waals surface area contributed by atoms with Crippen LogP contribution >= 0.6 is 0 Å². The van der Waals surface area contributed by atoms with Crippen molar-refractivity contribution in [1.29, 1.82) is 0 Å². The van der Waals surface area contributed by atoms with Crippen molar-refractivity contribution < 1.29 is 47.8 Å². The number of hydrazine groups is 1. The number of rotatable bonds is 10. The third kappa shape index (κ3) is 8.41. The number of nitrogens with one attached hydrogen (secondary N) is 3. The SMILES string of the molecule is Cc1ccc(C(=O)O[C@H](C(=O)NNC(=O)c2ccc(NC(=O)c3ccco3)cc2)[C@@H](OC(=O)c2ccc(C)cc2)C(=O)O)cc1. The second-order valence-electron chi connectivity index (χ2n) is 9.67. The summed E-state index contributed by atoms with van der Waals surface area (Å²) < 4.78 is 15.4. The first-order valence-corrected chi connectivity index (χ1v) is 13.3. The number of carbonyl (C=O) groups excluding carboxylic acids is 5. The molecular weight excluding hydrogens is 586 g/mol. The number of anilines is 1. The molecule has 4 rings (SSSR count). The number of furan rings is 1. The maximum atomic E-state index is 13.2. The van der Waals surface area contributed by atoms with Gasteiger partial charge in [-0.3, -0.25) is 25.2 Å². The number of carboxylic acids is 1. The standard InChI is InChI=1S/C32H27N3O10/c1-18-5-9-21(10-6-18)31(41)44-25(26(30(39)40)45-32(42)22-11-7-19(2)8-12-22)29(38)35-34-27(36)20-13-15-23(16-14-20)33-28(37)24-4-3-17-43-24/h3-17,25-26H,1-2H3,(H,33,37)(H,34,36)(H,35,38)(H,39,40)/t25-,26+/m0/s1. The normalized spacial score (nSPS) is 11.8. The molecule has 230 valence electrons. The minimum Gasteiger partial charge on any atom is -0.478 e. The fourth-order valence-corrected chi connectivity index (χ4v) is 3.81. The van der Waals surface area contributed by atoms with Gasteiger partial charge in [-0.15, -0.1) is 0 Å². The fraction of sp³-hybridized carbons (Fsp3) is 0.125. The van der Waals surface area contributed by atoms with Crippen LogP contribution in [-0.4, -0.2) is 52.9 Å². The van der Waals surface area contributed by atoms with Crippen LogP contribution in [0.25, 0.3) is 0 Å². The maximum absolute atomic E-state index is 13.2. The zero-order valence-corrected chi connectivity index (χ0v) is 23.9. The van der Waals surface area contributed by atoms with Gasteiger partial charge in [0.2, 0.25) is 12.2 Å². The number of aliphatic carboxylic acids is 1. The highest BCUT2D eigenvalue weighted by molar-refractivity contribution is 6.03. The van der Waals surface area contributed by atoms with Crippen LogP contribution in [0.5, 0.6) is 0 Å². The highest BCUT2D eigenvalue weighted by atomic mass is 16.6. The van der Waals surface area contributed by atoms with Crippen LogP contribution in [0, 0.1) is 13.8 Å². The van der Waals surface area contributed by atoms with Gasteiger partial charge in [-0.25, -0.2) is 14.4 Å². The topological polar surface area (TPSA) is 190 Å². The van der Waals surface area contributed by atoms with E-state index >= 15 is 0 Å². The number of carboxylic acid groups (broad SMARTS) is 1. The van der Waals surface area contributed by atoms with E-state index in [9.17, 15) is 33.9 Å². The first-order valence-electron chi connectivity index (χ1n) is 13.3. The summed E-state index contributed by atoms with van der Waals surface area (Å²) in [7, 11) is 0. The summed E-state index contributed by atoms with van der Waals surface area (Å²) in [6.45, 7) is 3.56. The predicted octanol–water partition coefficient (Wildman–Crippen LogP) is 3.45. The summed E-state index contributed by atoms with van der Waals surface area (Å²) >= 11 is 0. The monoisotopic (exact) mass is 613 g/mol. The summed E-state index contributed by atoms with van der Waals surface area (Å²) in [5.74, 6) is -6.50. The lowest BCUT2D eigenvalue weighted by Gasteiger charge is -2.23. The highest BCUT2D eigenvalue weighted by Gasteiger charge is 2.41. The van der Waals surface area contributed by atoms with Crippen LogP contribution in [0.15, 0.2) is 95.6 Å². The molecule has 1 heterocycles. The molecule has 0 aliphatic rings. The van der Waals surface area contributed by atoms with Gasteiger partial charge in [-0.2, -0.15) is 0 Å². The molecule has 4 aromatic rings. The molecule has 4 N–H and O–H groups in total. The molecule has 2 atom stereocenters. The van der Waals surface area contributed by atoms with E-state index in [0.717, 1.165) is 11.1 Å². The Kier molecular flexibility index (Phi) is 10.1. The maximum Gasteiger partial charge on any atom is 0.349 e. The molecule has 1 aromatic heterocycles. The number of carbonyl (C=O) groups is 6. The van der Waals surface area contributed by atoms with Crippen LogP contribution in [0.3, 0.4) is 0 Å². The van der Waals surface area contributed by atoms with Gasteiger partial charge in [-0.05, 0) is 74.5 Å². The van der Waals surface area contributed by atoms with Crippen LogP contribution in [0.2, 0.25) is 0 Å². The Hall–Kier alpha value is -6.24. The van der Waals surface area contributed by atoms with E-state index < -0.39 is 47.8 Å². The van der Waals surface area contributed by atoms with Crippen LogP contribution in [0.1, 0.15) is 52.8 Å². The van der Waals surface area contributed by atoms with Gasteiger partial charge < -0.3 is 24.3 Å². The molecule has 0 unspecified atom stereocenters. The van der Waals surface area contributed by atoms with Gasteiger partial charge in [0.1, 0.15) is 0 Å². The molecule has 3 amide bonds. The van der Waals surface area contributed by atoms with Crippen molar-refractivity contribution in [3.05, 3.63) is 125 Å². The average Bonchev–Trinajstić information content (AvgIpc) is 3.58. The smallest absolute Gasteiger partial charge is 0.349 e. The second-order valence-corrected chi connectivity index (χ2v) is 9.67. The molecular formula is C32H27N3O10. The number of aryl methyl sites for hydroxylation is 2. The molecule has 45 heavy (non-hydrogen) atoms. The van der Waals surface area contributed by atoms with Crippen molar-refractivity contribution in [3.8, 4) is 0 Å². The van der Waals surface area contributed by atoms with Crippen molar-refractivity contribution in [2.45, 2.75) is 26.1 Å². The Labute approximate surface area is 256 Å². The third-order valence-electron chi connectivity index (χ3n) is 6.27. The number of benzene rings is 3. The van der Waals surface area contributed by atoms with E-state index in [-0.39, 0.29) is 22.5 Å². The molecule has 0 saturated heterocycles. The van der Waals surface area contributed by atoms with Gasteiger partial charge in [0.25, 0.3) is 17.7 Å². The second kappa shape index (κ2) is 14.3. The number of hydrogen-bond donors (Lipinski definition) is 4. The summed E-state index contributed by atoms with van der Waals surface area (Å²) in [4.78, 5) is 75.9. The van der Waals surface area contributed by atoms with E-state index in [1.165, 1.54) is 60.9 Å². The minimum atomic E-state index is -2.29. The van der Waals surface area contributed by atoms with Gasteiger partial charge in [0, 0.05) is 11.3 Å². The molecule has 3 aromatic carbocycles. The van der Waals surface area contributed by atoms with Crippen molar-refractivity contribution in [2.75, 3.05) is 5.32 Å². The molecule has 0 aliphatic heterocycles. The van der Waals surface area contributed by atoms with E-state index in [2.05, 4.69) is 10.7 Å². The summed E-state index contributed by atoms with van der Waals surface area (Å²) in [5.41, 5.74) is 6.15. The van der Waals surface area contributed by atoms with Gasteiger partial charge in [0.05, 0.1) is 17.4 Å². The predicted molar refractivity (Wildman–Crippen MR) is 157 cm³/mol. The molecule has 0 saturated carbocycles. The third-order valence-corrected chi connectivity index (χ3v) is 6.27. The lowest BCUT2D eigenvalue weighted by Crippen LogP contribution is -2.54. The van der Waals surface area contributed by atoms with Crippen molar-refractivity contribution in [1.82, 2.24) is 10.9 Å². The van der Waals surface area contributed by atoms with Crippen LogP contribution in [0.4, 0.5) is 5.69 Å². The Balaban J connectivity index is 1.48. The minimum absolute atomic E-state index is 0.00402. The molecule has 13 heteroatoms. The summed E-state index contributed by atoms with van der Waals surface area (Å²) in [5, 5.41) is 12.5. The van der Waals surface area contributed by atoms with Crippen molar-refractivity contribution in [3.63, 3.8) is 0 Å². The number of esters is 2. The fourth-order valence-electron chi connectivity index (χ4n) is 3.81. The van der Waals surface area contributed by atoms with Crippen molar-refractivity contribution >= 4 is 41.3 Å². The van der Waals surface area contributed by atoms with Gasteiger partial charge >= 0.3 is 17.9 Å². The summed E-state index contributed by atoms with van der Waals surface area (Å²) in [6.07, 6.45) is -3.16. The lowest BCUT2D eigenvalue weighted by atomic mass is 10.1. The Morgan fingerprint density at radius 3 is 1.64 bits per heavy atom. The van der Waals surface area contributed by atoms with E-state index in [0.29, 0.717) is 5.69 Å². The number of hydrogen-bond acceptors (Lipinski definition) is 9. The summed E-state index contributed by atoms with van der Waals surface area (Å²) in [6, 6.07) is 20.6. The van der Waals surface area contributed by atoms with E-state index in [1.807, 2.05) is 5.43 Å². The largest absolute Gasteiger partial charge is 0.478 e. The Morgan fingerprint density at radius 1 is 0.644 bits per heavy atom. The average molecular weight is 614 g/mol. The van der Waals surface area contributed by atoms with Gasteiger partial charge in [0.15, 0.2) is 5.76 Å². The number of amides is 3. The number of ether oxygens (including phenoxy) is 2. The zero-order valence-electron chi connectivity index (χ0n) is 23.9. The molecule has 0 bridgehead atoms. The highest BCUT2D eigenvalue weighted by Crippen LogP contribution is 2.15.